The van der Waals surface area contributed by atoms with E-state index < -0.39 is 0 Å². The van der Waals surface area contributed by atoms with Crippen LogP contribution in [-0.2, 0) is 0 Å². The van der Waals surface area contributed by atoms with E-state index in [4.69, 9.17) is 17.3 Å². The number of piperidine rings is 1. The molecular weight excluding hydrogens is 302 g/mol. The van der Waals surface area contributed by atoms with Crippen molar-refractivity contribution >= 4 is 17.5 Å². The zero-order valence-electron chi connectivity index (χ0n) is 12.4. The van der Waals surface area contributed by atoms with Crippen molar-refractivity contribution in [3.05, 3.63) is 40.7 Å². The predicted molar refractivity (Wildman–Crippen MR) is 84.2 cm³/mol. The van der Waals surface area contributed by atoms with Crippen molar-refractivity contribution in [1.29, 1.82) is 0 Å². The maximum absolute atomic E-state index is 12.6. The van der Waals surface area contributed by atoms with Gasteiger partial charge in [-0.05, 0) is 38.0 Å². The Labute approximate surface area is 133 Å². The maximum atomic E-state index is 12.6. The van der Waals surface area contributed by atoms with Gasteiger partial charge in [-0.1, -0.05) is 17.7 Å². The lowest BCUT2D eigenvalue weighted by Gasteiger charge is -2.30. The van der Waals surface area contributed by atoms with Crippen molar-refractivity contribution in [2.24, 2.45) is 5.73 Å². The third-order valence-corrected chi connectivity index (χ3v) is 4.00. The molecule has 2 aromatic rings. The maximum Gasteiger partial charge on any atom is 0.276 e. The SMILES string of the molecule is Cc1nn(-c2cccc(Cl)c2)nc1C(=O)N1CCC[C@H](N)C1. The zero-order valence-corrected chi connectivity index (χ0v) is 13.1. The first kappa shape index (κ1) is 15.0. The van der Waals surface area contributed by atoms with E-state index in [-0.39, 0.29) is 11.9 Å². The summed E-state index contributed by atoms with van der Waals surface area (Å²) in [4.78, 5) is 15.8. The number of halogens is 1. The fraction of sp³-hybridized carbons (Fsp3) is 0.400. The summed E-state index contributed by atoms with van der Waals surface area (Å²) in [5.74, 6) is -0.110. The Hall–Kier alpha value is -1.92. The minimum Gasteiger partial charge on any atom is -0.336 e. The molecule has 22 heavy (non-hydrogen) atoms. The Kier molecular flexibility index (Phi) is 4.13. The van der Waals surface area contributed by atoms with E-state index in [1.807, 2.05) is 12.1 Å². The summed E-state index contributed by atoms with van der Waals surface area (Å²) in [5, 5.41) is 9.26. The van der Waals surface area contributed by atoms with Crippen LogP contribution in [0.4, 0.5) is 0 Å². The monoisotopic (exact) mass is 319 g/mol. The smallest absolute Gasteiger partial charge is 0.276 e. The van der Waals surface area contributed by atoms with Gasteiger partial charge in [0, 0.05) is 24.2 Å². The van der Waals surface area contributed by atoms with Gasteiger partial charge in [-0.2, -0.15) is 9.90 Å². The molecule has 0 radical (unpaired) electrons. The molecule has 1 atom stereocenters. The van der Waals surface area contributed by atoms with Crippen LogP contribution >= 0.6 is 11.6 Å². The van der Waals surface area contributed by atoms with Gasteiger partial charge in [0.1, 0.15) is 0 Å². The second kappa shape index (κ2) is 6.06. The van der Waals surface area contributed by atoms with E-state index in [0.29, 0.717) is 23.0 Å². The fourth-order valence-corrected chi connectivity index (χ4v) is 2.82. The average molecular weight is 320 g/mol. The number of rotatable bonds is 2. The van der Waals surface area contributed by atoms with Gasteiger partial charge >= 0.3 is 0 Å². The van der Waals surface area contributed by atoms with Gasteiger partial charge in [0.25, 0.3) is 5.91 Å². The van der Waals surface area contributed by atoms with Crippen molar-refractivity contribution < 1.29 is 4.79 Å². The molecule has 0 bridgehead atoms. The number of benzene rings is 1. The third-order valence-electron chi connectivity index (χ3n) is 3.77. The van der Waals surface area contributed by atoms with E-state index in [9.17, 15) is 4.79 Å². The van der Waals surface area contributed by atoms with Crippen LogP contribution in [-0.4, -0.2) is 44.9 Å². The highest BCUT2D eigenvalue weighted by molar-refractivity contribution is 6.30. The standard InChI is InChI=1S/C15H18ClN5O/c1-10-14(15(22)20-7-3-5-12(17)9-20)19-21(18-10)13-6-2-4-11(16)8-13/h2,4,6,8,12H,3,5,7,9,17H2,1H3/t12-/m0/s1. The lowest BCUT2D eigenvalue weighted by Crippen LogP contribution is -2.46. The highest BCUT2D eigenvalue weighted by Gasteiger charge is 2.26. The second-order valence-corrected chi connectivity index (χ2v) is 5.99. The molecular formula is C15H18ClN5O. The highest BCUT2D eigenvalue weighted by atomic mass is 35.5. The van der Waals surface area contributed by atoms with Crippen LogP contribution in [0.25, 0.3) is 5.69 Å². The van der Waals surface area contributed by atoms with Crippen LogP contribution in [0.2, 0.25) is 5.02 Å². The fourth-order valence-electron chi connectivity index (χ4n) is 2.64. The summed E-state index contributed by atoms with van der Waals surface area (Å²) in [5.41, 5.74) is 7.64. The summed E-state index contributed by atoms with van der Waals surface area (Å²) < 4.78 is 0. The third kappa shape index (κ3) is 2.98. The summed E-state index contributed by atoms with van der Waals surface area (Å²) in [6.45, 7) is 3.07. The van der Waals surface area contributed by atoms with E-state index in [1.54, 1.807) is 24.0 Å². The zero-order chi connectivity index (χ0) is 15.7. The van der Waals surface area contributed by atoms with Crippen molar-refractivity contribution in [1.82, 2.24) is 19.9 Å². The van der Waals surface area contributed by atoms with Crippen molar-refractivity contribution in [3.63, 3.8) is 0 Å². The Balaban J connectivity index is 1.87. The minimum absolute atomic E-state index is 0.0426. The predicted octanol–water partition coefficient (Wildman–Crippen LogP) is 1.79. The Bertz CT molecular complexity index is 699. The van der Waals surface area contributed by atoms with E-state index >= 15 is 0 Å². The van der Waals surface area contributed by atoms with Crippen LogP contribution in [0, 0.1) is 6.92 Å². The van der Waals surface area contributed by atoms with Crippen molar-refractivity contribution in [2.75, 3.05) is 13.1 Å². The van der Waals surface area contributed by atoms with Crippen LogP contribution in [0.5, 0.6) is 0 Å². The molecule has 3 rings (SSSR count). The van der Waals surface area contributed by atoms with Crippen LogP contribution in [0.15, 0.2) is 24.3 Å². The Morgan fingerprint density at radius 3 is 2.95 bits per heavy atom. The van der Waals surface area contributed by atoms with E-state index in [0.717, 1.165) is 25.1 Å². The molecule has 0 saturated carbocycles. The molecule has 1 saturated heterocycles. The number of hydrogen-bond acceptors (Lipinski definition) is 4. The summed E-state index contributed by atoms with van der Waals surface area (Å²) in [6, 6.07) is 7.24. The van der Waals surface area contributed by atoms with Gasteiger partial charge in [-0.15, -0.1) is 5.10 Å². The van der Waals surface area contributed by atoms with Crippen LogP contribution < -0.4 is 5.73 Å². The largest absolute Gasteiger partial charge is 0.336 e. The number of aromatic nitrogens is 3. The number of carbonyl (C=O) groups excluding carboxylic acids is 1. The molecule has 0 aliphatic carbocycles. The van der Waals surface area contributed by atoms with Crippen molar-refractivity contribution in [3.8, 4) is 5.69 Å². The molecule has 0 unspecified atom stereocenters. The number of hydrogen-bond donors (Lipinski definition) is 1. The van der Waals surface area contributed by atoms with E-state index in [1.165, 1.54) is 4.80 Å². The van der Waals surface area contributed by atoms with Gasteiger partial charge in [-0.25, -0.2) is 0 Å². The topological polar surface area (TPSA) is 77.0 Å². The molecule has 1 amide bonds. The first-order chi connectivity index (χ1) is 10.5. The lowest BCUT2D eigenvalue weighted by atomic mass is 10.1. The highest BCUT2D eigenvalue weighted by Crippen LogP contribution is 2.17. The number of nitrogens with zero attached hydrogens (tertiary/aromatic N) is 4. The summed E-state index contributed by atoms with van der Waals surface area (Å²) in [6.07, 6.45) is 1.88. The first-order valence-electron chi connectivity index (χ1n) is 7.29. The molecule has 7 heteroatoms. The number of nitrogens with two attached hydrogens (primary N) is 1. The molecule has 0 spiro atoms. The summed E-state index contributed by atoms with van der Waals surface area (Å²) >= 11 is 5.98. The number of amides is 1. The van der Waals surface area contributed by atoms with E-state index in [2.05, 4.69) is 10.2 Å². The molecule has 1 aliphatic rings. The number of likely N-dealkylation sites (tertiary alicyclic amines) is 1. The molecule has 1 aromatic heterocycles. The molecule has 1 fully saturated rings. The normalized spacial score (nSPS) is 18.5. The molecule has 116 valence electrons. The minimum atomic E-state index is -0.110. The number of carbonyl (C=O) groups is 1. The van der Waals surface area contributed by atoms with Crippen LogP contribution in [0.1, 0.15) is 29.0 Å². The summed E-state index contributed by atoms with van der Waals surface area (Å²) in [7, 11) is 0. The van der Waals surface area contributed by atoms with Crippen LogP contribution in [0.3, 0.4) is 0 Å². The molecule has 2 heterocycles. The first-order valence-corrected chi connectivity index (χ1v) is 7.67. The average Bonchev–Trinajstić information content (AvgIpc) is 2.88. The molecule has 6 nitrogen and oxygen atoms in total. The van der Waals surface area contributed by atoms with Gasteiger partial charge in [0.15, 0.2) is 5.69 Å². The number of aryl methyl sites for hydroxylation is 1. The molecule has 1 aliphatic heterocycles. The van der Waals surface area contributed by atoms with Gasteiger partial charge in [-0.3, -0.25) is 4.79 Å². The quantitative estimate of drug-likeness (QED) is 0.915. The molecule has 2 N–H and O–H groups in total. The Morgan fingerprint density at radius 2 is 2.23 bits per heavy atom. The van der Waals surface area contributed by atoms with Gasteiger partial charge in [0.2, 0.25) is 0 Å². The van der Waals surface area contributed by atoms with Gasteiger partial charge < -0.3 is 10.6 Å². The van der Waals surface area contributed by atoms with Crippen molar-refractivity contribution in [2.45, 2.75) is 25.8 Å². The molecule has 1 aromatic carbocycles. The Morgan fingerprint density at radius 1 is 1.41 bits per heavy atom. The lowest BCUT2D eigenvalue weighted by molar-refractivity contribution is 0.0701. The second-order valence-electron chi connectivity index (χ2n) is 5.56. The van der Waals surface area contributed by atoms with Gasteiger partial charge in [0.05, 0.1) is 11.4 Å².